The van der Waals surface area contributed by atoms with Crippen LogP contribution in [0.3, 0.4) is 0 Å². The van der Waals surface area contributed by atoms with Gasteiger partial charge < -0.3 is 0 Å². The molecule has 1 atom stereocenters. The normalized spacial score (nSPS) is 22.4. The van der Waals surface area contributed by atoms with Crippen molar-refractivity contribution in [2.45, 2.75) is 67.9 Å². The van der Waals surface area contributed by atoms with Crippen molar-refractivity contribution in [2.75, 3.05) is 0 Å². The summed E-state index contributed by atoms with van der Waals surface area (Å²) in [5.41, 5.74) is 4.75. The van der Waals surface area contributed by atoms with E-state index in [1.54, 1.807) is 0 Å². The number of hydrogen-bond donors (Lipinski definition) is 0. The Bertz CT molecular complexity index is 455. The van der Waals surface area contributed by atoms with Crippen molar-refractivity contribution in [3.05, 3.63) is 34.9 Å². The van der Waals surface area contributed by atoms with Gasteiger partial charge in [-0.1, -0.05) is 91.6 Å². The standard InChI is InChI=1S/C17H24Br2/c1-15(2,3)12-7-11(14-10-17(14,18)19)8-13(9-12)16(4,5)6/h7-9,14H,10H2,1-6H3. The van der Waals surface area contributed by atoms with Crippen LogP contribution in [0.15, 0.2) is 18.2 Å². The zero-order valence-electron chi connectivity index (χ0n) is 12.8. The largest absolute Gasteiger partial charge is 0.0881 e. The van der Waals surface area contributed by atoms with Crippen molar-refractivity contribution < 1.29 is 0 Å². The first kappa shape index (κ1) is 15.6. The summed E-state index contributed by atoms with van der Waals surface area (Å²) in [6, 6.07) is 7.17. The van der Waals surface area contributed by atoms with Crippen LogP contribution in [0.4, 0.5) is 0 Å². The van der Waals surface area contributed by atoms with Crippen LogP contribution in [0.1, 0.15) is 70.6 Å². The highest BCUT2D eigenvalue weighted by molar-refractivity contribution is 9.25. The number of hydrogen-bond acceptors (Lipinski definition) is 0. The third kappa shape index (κ3) is 3.44. The van der Waals surface area contributed by atoms with Crippen LogP contribution in [-0.4, -0.2) is 3.23 Å². The van der Waals surface area contributed by atoms with Crippen molar-refractivity contribution in [3.8, 4) is 0 Å². The molecule has 1 aliphatic rings. The number of halogens is 2. The van der Waals surface area contributed by atoms with E-state index in [0.717, 1.165) is 0 Å². The summed E-state index contributed by atoms with van der Waals surface area (Å²) < 4.78 is 0.131. The lowest BCUT2D eigenvalue weighted by atomic mass is 9.79. The van der Waals surface area contributed by atoms with Gasteiger partial charge in [0.1, 0.15) is 0 Å². The Balaban J connectivity index is 2.51. The molecule has 2 rings (SSSR count). The van der Waals surface area contributed by atoms with Crippen LogP contribution in [0.2, 0.25) is 0 Å². The monoisotopic (exact) mass is 386 g/mol. The van der Waals surface area contributed by atoms with E-state index in [-0.39, 0.29) is 14.1 Å². The van der Waals surface area contributed by atoms with Crippen LogP contribution in [-0.2, 0) is 10.8 Å². The highest BCUT2D eigenvalue weighted by atomic mass is 79.9. The molecule has 0 spiro atoms. The fraction of sp³-hybridized carbons (Fsp3) is 0.647. The SMILES string of the molecule is CC(C)(C)c1cc(C2CC2(Br)Br)cc(C(C)(C)C)c1. The maximum atomic E-state index is 3.76. The molecule has 1 aromatic rings. The van der Waals surface area contributed by atoms with Crippen molar-refractivity contribution >= 4 is 31.9 Å². The third-order valence-corrected chi connectivity index (χ3v) is 5.67. The van der Waals surface area contributed by atoms with Crippen LogP contribution in [0, 0.1) is 0 Å². The number of benzene rings is 1. The van der Waals surface area contributed by atoms with E-state index in [1.165, 1.54) is 23.1 Å². The summed E-state index contributed by atoms with van der Waals surface area (Å²) in [5, 5.41) is 0. The topological polar surface area (TPSA) is 0 Å². The van der Waals surface area contributed by atoms with Crippen molar-refractivity contribution in [2.24, 2.45) is 0 Å². The number of alkyl halides is 2. The Morgan fingerprint density at radius 3 is 1.53 bits per heavy atom. The molecule has 1 aromatic carbocycles. The van der Waals surface area contributed by atoms with Crippen LogP contribution in [0.25, 0.3) is 0 Å². The van der Waals surface area contributed by atoms with Crippen LogP contribution < -0.4 is 0 Å². The van der Waals surface area contributed by atoms with Gasteiger partial charge in [-0.15, -0.1) is 0 Å². The molecule has 1 unspecified atom stereocenters. The summed E-state index contributed by atoms with van der Waals surface area (Å²) >= 11 is 7.51. The van der Waals surface area contributed by atoms with E-state index in [0.29, 0.717) is 5.92 Å². The minimum absolute atomic E-state index is 0.131. The maximum absolute atomic E-state index is 3.76. The molecular formula is C17H24Br2. The minimum Gasteiger partial charge on any atom is -0.0720 e. The molecule has 0 aliphatic heterocycles. The molecule has 0 bridgehead atoms. The average Bonchev–Trinajstić information content (AvgIpc) is 2.84. The molecule has 0 heterocycles. The first-order valence-corrected chi connectivity index (χ1v) is 8.54. The van der Waals surface area contributed by atoms with Gasteiger partial charge >= 0.3 is 0 Å². The second-order valence-electron chi connectivity index (χ2n) is 7.86. The van der Waals surface area contributed by atoms with E-state index in [4.69, 9.17) is 0 Å². The Labute approximate surface area is 134 Å². The molecule has 2 heteroatoms. The second kappa shape index (κ2) is 4.59. The van der Waals surface area contributed by atoms with Crippen molar-refractivity contribution in [1.29, 1.82) is 0 Å². The van der Waals surface area contributed by atoms with Crippen molar-refractivity contribution in [3.63, 3.8) is 0 Å². The van der Waals surface area contributed by atoms with Gasteiger partial charge in [0.25, 0.3) is 0 Å². The molecule has 0 nitrogen and oxygen atoms in total. The number of rotatable bonds is 1. The molecule has 1 saturated carbocycles. The first-order valence-electron chi connectivity index (χ1n) is 6.95. The van der Waals surface area contributed by atoms with Gasteiger partial charge in [0.05, 0.1) is 3.23 Å². The van der Waals surface area contributed by atoms with E-state index < -0.39 is 0 Å². The van der Waals surface area contributed by atoms with Gasteiger partial charge in [0, 0.05) is 5.92 Å². The quantitative estimate of drug-likeness (QED) is 0.499. The zero-order chi connectivity index (χ0) is 14.6. The van der Waals surface area contributed by atoms with E-state index in [2.05, 4.69) is 91.6 Å². The lowest BCUT2D eigenvalue weighted by Gasteiger charge is -2.26. The second-order valence-corrected chi connectivity index (χ2v) is 11.8. The summed E-state index contributed by atoms with van der Waals surface area (Å²) in [6.07, 6.45) is 1.17. The fourth-order valence-corrected chi connectivity index (χ4v) is 3.47. The maximum Gasteiger partial charge on any atom is 0.0881 e. The first-order chi connectivity index (χ1) is 8.41. The molecule has 0 saturated heterocycles. The highest BCUT2D eigenvalue weighted by Gasteiger charge is 2.51. The Morgan fingerprint density at radius 1 is 0.895 bits per heavy atom. The van der Waals surface area contributed by atoms with Gasteiger partial charge in [-0.25, -0.2) is 0 Å². The molecule has 19 heavy (non-hydrogen) atoms. The Hall–Kier alpha value is 0.180. The lowest BCUT2D eigenvalue weighted by Crippen LogP contribution is -2.17. The predicted octanol–water partition coefficient (Wildman–Crippen LogP) is 6.26. The summed E-state index contributed by atoms with van der Waals surface area (Å²) in [4.78, 5) is 0. The molecule has 1 aliphatic carbocycles. The highest BCUT2D eigenvalue weighted by Crippen LogP contribution is 2.62. The van der Waals surface area contributed by atoms with Crippen molar-refractivity contribution in [1.82, 2.24) is 0 Å². The van der Waals surface area contributed by atoms with Gasteiger partial charge in [0.15, 0.2) is 0 Å². The third-order valence-electron chi connectivity index (χ3n) is 3.92. The van der Waals surface area contributed by atoms with E-state index in [9.17, 15) is 0 Å². The van der Waals surface area contributed by atoms with E-state index >= 15 is 0 Å². The van der Waals surface area contributed by atoms with Crippen LogP contribution >= 0.6 is 31.9 Å². The summed E-state index contributed by atoms with van der Waals surface area (Å²) in [6.45, 7) is 13.8. The zero-order valence-corrected chi connectivity index (χ0v) is 15.9. The Morgan fingerprint density at radius 2 is 1.26 bits per heavy atom. The minimum atomic E-state index is 0.131. The van der Waals surface area contributed by atoms with Gasteiger partial charge in [-0.3, -0.25) is 0 Å². The fourth-order valence-electron chi connectivity index (χ4n) is 2.29. The van der Waals surface area contributed by atoms with Gasteiger partial charge in [-0.2, -0.15) is 0 Å². The molecular weight excluding hydrogens is 364 g/mol. The molecule has 0 amide bonds. The molecule has 0 aromatic heterocycles. The average molecular weight is 388 g/mol. The summed E-state index contributed by atoms with van der Waals surface area (Å²) in [5.74, 6) is 0.593. The smallest absolute Gasteiger partial charge is 0.0720 e. The van der Waals surface area contributed by atoms with E-state index in [1.807, 2.05) is 0 Å². The summed E-state index contributed by atoms with van der Waals surface area (Å²) in [7, 11) is 0. The predicted molar refractivity (Wildman–Crippen MR) is 91.8 cm³/mol. The molecule has 0 N–H and O–H groups in total. The lowest BCUT2D eigenvalue weighted by molar-refractivity contribution is 0.567. The Kier molecular flexibility index (Phi) is 3.76. The molecule has 106 valence electrons. The van der Waals surface area contributed by atoms with Gasteiger partial charge in [0.2, 0.25) is 0 Å². The molecule has 1 fully saturated rings. The van der Waals surface area contributed by atoms with Crippen LogP contribution in [0.5, 0.6) is 0 Å². The molecule has 0 radical (unpaired) electrons. The van der Waals surface area contributed by atoms with Gasteiger partial charge in [-0.05, 0) is 33.9 Å².